The van der Waals surface area contributed by atoms with Gasteiger partial charge in [0.15, 0.2) is 0 Å². The molecule has 2 aliphatic rings. The fourth-order valence-corrected chi connectivity index (χ4v) is 7.67. The van der Waals surface area contributed by atoms with E-state index in [-0.39, 0.29) is 49.4 Å². The largest absolute Gasteiger partial charge is 0.445 e. The number of carbonyl (C=O) groups excluding carboxylic acids is 2. The van der Waals surface area contributed by atoms with Crippen LogP contribution in [0, 0.1) is 17.3 Å². The SMILES string of the molecule is CC1CCCC(C(C)C)(C(c2ccc(CO)cc2)C2CN(C(=O)OCc3ccccc3)CCN2C(=O)OCc2ccccc2)C1. The summed E-state index contributed by atoms with van der Waals surface area (Å²) in [7, 11) is 0. The van der Waals surface area contributed by atoms with E-state index in [1.807, 2.05) is 77.7 Å². The summed E-state index contributed by atoms with van der Waals surface area (Å²) in [6.07, 6.45) is 3.67. The van der Waals surface area contributed by atoms with Crippen LogP contribution < -0.4 is 0 Å². The number of amides is 2. The van der Waals surface area contributed by atoms with Crippen molar-refractivity contribution < 1.29 is 24.2 Å². The molecule has 3 aromatic rings. The monoisotopic (exact) mass is 612 g/mol. The van der Waals surface area contributed by atoms with Gasteiger partial charge in [-0.15, -0.1) is 0 Å². The summed E-state index contributed by atoms with van der Waals surface area (Å²) in [5.74, 6) is 0.835. The van der Waals surface area contributed by atoms with Crippen LogP contribution in [0.2, 0.25) is 0 Å². The van der Waals surface area contributed by atoms with Crippen LogP contribution in [0.1, 0.15) is 74.6 Å². The normalized spacial score (nSPS) is 22.6. The fraction of sp³-hybridized carbons (Fsp3) is 0.474. The Balaban J connectivity index is 1.50. The number of aliphatic hydroxyl groups is 1. The van der Waals surface area contributed by atoms with Gasteiger partial charge in [-0.2, -0.15) is 0 Å². The average Bonchev–Trinajstić information content (AvgIpc) is 3.07. The van der Waals surface area contributed by atoms with Gasteiger partial charge in [0.1, 0.15) is 13.2 Å². The molecule has 45 heavy (non-hydrogen) atoms. The van der Waals surface area contributed by atoms with Crippen molar-refractivity contribution in [3.8, 4) is 0 Å². The second-order valence-electron chi connectivity index (χ2n) is 13.3. The van der Waals surface area contributed by atoms with Crippen molar-refractivity contribution in [2.45, 2.75) is 78.2 Å². The third-order valence-electron chi connectivity index (χ3n) is 10.1. The second kappa shape index (κ2) is 15.0. The maximum absolute atomic E-state index is 14.0. The van der Waals surface area contributed by atoms with Crippen LogP contribution in [-0.4, -0.2) is 52.8 Å². The van der Waals surface area contributed by atoms with E-state index >= 15 is 0 Å². The maximum Gasteiger partial charge on any atom is 0.410 e. The maximum atomic E-state index is 14.0. The van der Waals surface area contributed by atoms with Gasteiger partial charge >= 0.3 is 12.2 Å². The Kier molecular flexibility index (Phi) is 10.8. The number of hydrogen-bond donors (Lipinski definition) is 1. The average molecular weight is 613 g/mol. The number of hydrogen-bond acceptors (Lipinski definition) is 5. The summed E-state index contributed by atoms with van der Waals surface area (Å²) in [5.41, 5.74) is 3.74. The molecule has 0 aromatic heterocycles. The topological polar surface area (TPSA) is 79.3 Å². The van der Waals surface area contributed by atoms with E-state index in [4.69, 9.17) is 9.47 Å². The summed E-state index contributed by atoms with van der Waals surface area (Å²) < 4.78 is 11.7. The Hall–Kier alpha value is -3.84. The van der Waals surface area contributed by atoms with Gasteiger partial charge in [0, 0.05) is 25.6 Å². The van der Waals surface area contributed by atoms with Crippen LogP contribution >= 0.6 is 0 Å². The number of carbonyl (C=O) groups is 2. The smallest absolute Gasteiger partial charge is 0.410 e. The van der Waals surface area contributed by atoms with Crippen molar-refractivity contribution in [3.05, 3.63) is 107 Å². The summed E-state index contributed by atoms with van der Waals surface area (Å²) in [6.45, 7) is 8.38. The molecule has 0 radical (unpaired) electrons. The predicted molar refractivity (Wildman–Crippen MR) is 175 cm³/mol. The number of benzene rings is 3. The standard InChI is InChI=1S/C38H48N2O5/c1-28(2)38(20-10-11-29(3)23-38)35(33-18-16-30(25-41)17-19-33)34-24-39(36(42)44-26-31-12-6-4-7-13-31)21-22-40(34)37(43)45-27-32-14-8-5-9-15-32/h4-9,12-19,28-29,34-35,41H,10-11,20-27H2,1-3H3. The molecule has 1 aliphatic carbocycles. The van der Waals surface area contributed by atoms with Crippen LogP contribution in [0.5, 0.6) is 0 Å². The highest BCUT2D eigenvalue weighted by atomic mass is 16.6. The molecule has 4 unspecified atom stereocenters. The van der Waals surface area contributed by atoms with Crippen molar-refractivity contribution in [2.24, 2.45) is 17.3 Å². The first-order valence-electron chi connectivity index (χ1n) is 16.4. The van der Waals surface area contributed by atoms with Gasteiger partial charge in [-0.25, -0.2) is 9.59 Å². The first-order chi connectivity index (χ1) is 21.8. The second-order valence-corrected chi connectivity index (χ2v) is 13.3. The Morgan fingerprint density at radius 2 is 1.44 bits per heavy atom. The van der Waals surface area contributed by atoms with Gasteiger partial charge in [-0.1, -0.05) is 119 Å². The lowest BCUT2D eigenvalue weighted by molar-refractivity contribution is -0.0234. The third kappa shape index (κ3) is 7.70. The summed E-state index contributed by atoms with van der Waals surface area (Å²) >= 11 is 0. The summed E-state index contributed by atoms with van der Waals surface area (Å²) in [5, 5.41) is 9.81. The highest BCUT2D eigenvalue weighted by Gasteiger charge is 2.51. The van der Waals surface area contributed by atoms with Crippen molar-refractivity contribution in [3.63, 3.8) is 0 Å². The zero-order chi connectivity index (χ0) is 31.8. The molecule has 7 nitrogen and oxygen atoms in total. The Morgan fingerprint density at radius 1 is 0.844 bits per heavy atom. The van der Waals surface area contributed by atoms with E-state index < -0.39 is 0 Å². The van der Waals surface area contributed by atoms with E-state index in [1.54, 1.807) is 4.90 Å². The lowest BCUT2D eigenvalue weighted by Crippen LogP contribution is -2.61. The van der Waals surface area contributed by atoms with E-state index in [0.717, 1.165) is 41.5 Å². The van der Waals surface area contributed by atoms with Gasteiger partial charge in [0.25, 0.3) is 0 Å². The van der Waals surface area contributed by atoms with Crippen molar-refractivity contribution >= 4 is 12.2 Å². The van der Waals surface area contributed by atoms with E-state index in [1.165, 1.54) is 6.42 Å². The van der Waals surface area contributed by atoms with Crippen molar-refractivity contribution in [1.29, 1.82) is 0 Å². The number of aliphatic hydroxyl groups excluding tert-OH is 1. The first-order valence-corrected chi connectivity index (χ1v) is 16.4. The highest BCUT2D eigenvalue weighted by Crippen LogP contribution is 2.56. The van der Waals surface area contributed by atoms with Crippen LogP contribution in [-0.2, 0) is 29.3 Å². The molecule has 2 amide bonds. The zero-order valence-corrected chi connectivity index (χ0v) is 26.9. The Morgan fingerprint density at radius 3 is 2.00 bits per heavy atom. The fourth-order valence-electron chi connectivity index (χ4n) is 7.67. The molecule has 1 N–H and O–H groups in total. The van der Waals surface area contributed by atoms with Crippen LogP contribution in [0.4, 0.5) is 9.59 Å². The minimum Gasteiger partial charge on any atom is -0.445 e. The molecular formula is C38H48N2O5. The van der Waals surface area contributed by atoms with Crippen LogP contribution in [0.25, 0.3) is 0 Å². The molecule has 1 heterocycles. The van der Waals surface area contributed by atoms with Gasteiger partial charge in [-0.05, 0) is 52.3 Å². The summed E-state index contributed by atoms with van der Waals surface area (Å²) in [6, 6.07) is 27.3. The van der Waals surface area contributed by atoms with Crippen LogP contribution in [0.15, 0.2) is 84.9 Å². The molecule has 1 saturated heterocycles. The molecule has 240 valence electrons. The molecule has 1 aliphatic heterocycles. The van der Waals surface area contributed by atoms with Gasteiger partial charge in [-0.3, -0.25) is 0 Å². The molecule has 2 fully saturated rings. The lowest BCUT2D eigenvalue weighted by Gasteiger charge is -2.55. The number of piperazine rings is 1. The quantitative estimate of drug-likeness (QED) is 0.267. The minimum absolute atomic E-state index is 0.0281. The van der Waals surface area contributed by atoms with E-state index in [0.29, 0.717) is 31.5 Å². The Labute approximate surface area is 268 Å². The van der Waals surface area contributed by atoms with Gasteiger partial charge < -0.3 is 24.4 Å². The first kappa shape index (κ1) is 32.6. The highest BCUT2D eigenvalue weighted by molar-refractivity contribution is 5.71. The predicted octanol–water partition coefficient (Wildman–Crippen LogP) is 7.77. The molecule has 4 atom stereocenters. The lowest BCUT2D eigenvalue weighted by atomic mass is 9.54. The van der Waals surface area contributed by atoms with Crippen LogP contribution in [0.3, 0.4) is 0 Å². The summed E-state index contributed by atoms with van der Waals surface area (Å²) in [4.78, 5) is 31.1. The van der Waals surface area contributed by atoms with Gasteiger partial charge in [0.05, 0.1) is 12.6 Å². The van der Waals surface area contributed by atoms with E-state index in [2.05, 4.69) is 32.9 Å². The number of nitrogens with zero attached hydrogens (tertiary/aromatic N) is 2. The molecule has 0 spiro atoms. The van der Waals surface area contributed by atoms with E-state index in [9.17, 15) is 14.7 Å². The van der Waals surface area contributed by atoms with Gasteiger partial charge in [0.2, 0.25) is 0 Å². The molecule has 5 rings (SSSR count). The van der Waals surface area contributed by atoms with Crippen molar-refractivity contribution in [2.75, 3.05) is 19.6 Å². The molecule has 7 heteroatoms. The number of rotatable bonds is 9. The molecule has 1 saturated carbocycles. The third-order valence-corrected chi connectivity index (χ3v) is 10.1. The molecule has 0 bridgehead atoms. The Bertz CT molecular complexity index is 1380. The number of ether oxygens (including phenoxy) is 2. The zero-order valence-electron chi connectivity index (χ0n) is 26.9. The molecule has 3 aromatic carbocycles. The molecular weight excluding hydrogens is 564 g/mol. The van der Waals surface area contributed by atoms with Crippen molar-refractivity contribution in [1.82, 2.24) is 9.80 Å². The minimum atomic E-state index is -0.369.